The monoisotopic (exact) mass is 335 g/mol. The summed E-state index contributed by atoms with van der Waals surface area (Å²) in [5, 5.41) is 3.90. The SMILES string of the molecule is Nc1nc(-c2cccc(Br)c2F)nc(-n2cncn2)n1. The van der Waals surface area contributed by atoms with Crippen molar-refractivity contribution in [2.45, 2.75) is 0 Å². The van der Waals surface area contributed by atoms with E-state index in [1.165, 1.54) is 17.3 Å². The lowest BCUT2D eigenvalue weighted by Gasteiger charge is -2.06. The number of nitrogens with zero attached hydrogens (tertiary/aromatic N) is 6. The Labute approximate surface area is 120 Å². The zero-order valence-corrected chi connectivity index (χ0v) is 11.5. The van der Waals surface area contributed by atoms with E-state index in [-0.39, 0.29) is 23.3 Å². The molecule has 2 aromatic heterocycles. The second-order valence-corrected chi connectivity index (χ2v) is 4.61. The van der Waals surface area contributed by atoms with Crippen LogP contribution in [0.3, 0.4) is 0 Å². The van der Waals surface area contributed by atoms with E-state index in [1.54, 1.807) is 18.2 Å². The van der Waals surface area contributed by atoms with Crippen LogP contribution in [-0.4, -0.2) is 29.7 Å². The van der Waals surface area contributed by atoms with Crippen molar-refractivity contribution < 1.29 is 4.39 Å². The number of aromatic nitrogens is 6. The lowest BCUT2D eigenvalue weighted by atomic mass is 10.2. The molecule has 0 atom stereocenters. The average Bonchev–Trinajstić information content (AvgIpc) is 2.95. The highest BCUT2D eigenvalue weighted by Gasteiger charge is 2.14. The number of hydrogen-bond donors (Lipinski definition) is 1. The van der Waals surface area contributed by atoms with Crippen molar-refractivity contribution in [3.8, 4) is 17.3 Å². The number of rotatable bonds is 2. The van der Waals surface area contributed by atoms with Gasteiger partial charge in [-0.25, -0.2) is 9.37 Å². The average molecular weight is 336 g/mol. The largest absolute Gasteiger partial charge is 0.368 e. The van der Waals surface area contributed by atoms with Crippen molar-refractivity contribution in [1.29, 1.82) is 0 Å². The molecule has 3 aromatic rings. The molecule has 0 aliphatic carbocycles. The first kappa shape index (κ1) is 12.6. The summed E-state index contributed by atoms with van der Waals surface area (Å²) in [6.45, 7) is 0. The van der Waals surface area contributed by atoms with Gasteiger partial charge in [0.15, 0.2) is 5.82 Å². The van der Waals surface area contributed by atoms with Crippen LogP contribution < -0.4 is 5.73 Å². The molecular formula is C11H7BrFN7. The summed E-state index contributed by atoms with van der Waals surface area (Å²) in [7, 11) is 0. The molecule has 0 aliphatic heterocycles. The maximum Gasteiger partial charge on any atom is 0.257 e. The fraction of sp³-hybridized carbons (Fsp3) is 0. The first-order chi connectivity index (χ1) is 9.65. The maximum absolute atomic E-state index is 14.1. The van der Waals surface area contributed by atoms with Crippen LogP contribution in [0.25, 0.3) is 17.3 Å². The number of hydrogen-bond acceptors (Lipinski definition) is 6. The highest BCUT2D eigenvalue weighted by atomic mass is 79.9. The molecule has 1 aromatic carbocycles. The van der Waals surface area contributed by atoms with Gasteiger partial charge in [0.1, 0.15) is 18.5 Å². The smallest absolute Gasteiger partial charge is 0.257 e. The molecular weight excluding hydrogens is 329 g/mol. The van der Waals surface area contributed by atoms with E-state index in [0.717, 1.165) is 0 Å². The maximum atomic E-state index is 14.1. The molecule has 0 aliphatic rings. The van der Waals surface area contributed by atoms with E-state index in [2.05, 4.69) is 41.0 Å². The number of anilines is 1. The molecule has 7 nitrogen and oxygen atoms in total. The molecule has 20 heavy (non-hydrogen) atoms. The van der Waals surface area contributed by atoms with Crippen LogP contribution in [0.15, 0.2) is 35.3 Å². The van der Waals surface area contributed by atoms with Crippen LogP contribution >= 0.6 is 15.9 Å². The minimum atomic E-state index is -0.470. The van der Waals surface area contributed by atoms with Gasteiger partial charge in [-0.1, -0.05) is 6.07 Å². The summed E-state index contributed by atoms with van der Waals surface area (Å²) < 4.78 is 15.7. The molecule has 100 valence electrons. The Hall–Kier alpha value is -2.42. The third-order valence-electron chi connectivity index (χ3n) is 2.46. The first-order valence-corrected chi connectivity index (χ1v) is 6.25. The second kappa shape index (κ2) is 4.93. The fourth-order valence-corrected chi connectivity index (χ4v) is 1.96. The van der Waals surface area contributed by atoms with Crippen molar-refractivity contribution in [3.05, 3.63) is 41.1 Å². The van der Waals surface area contributed by atoms with Crippen LogP contribution in [0, 0.1) is 5.82 Å². The molecule has 2 N–H and O–H groups in total. The highest BCUT2D eigenvalue weighted by molar-refractivity contribution is 9.10. The summed E-state index contributed by atoms with van der Waals surface area (Å²) in [6, 6.07) is 4.82. The summed E-state index contributed by atoms with van der Waals surface area (Å²) in [5.41, 5.74) is 5.85. The molecule has 3 rings (SSSR count). The first-order valence-electron chi connectivity index (χ1n) is 5.46. The Balaban J connectivity index is 2.17. The summed E-state index contributed by atoms with van der Waals surface area (Å²) in [4.78, 5) is 15.8. The van der Waals surface area contributed by atoms with Crippen LogP contribution in [0.5, 0.6) is 0 Å². The van der Waals surface area contributed by atoms with Gasteiger partial charge < -0.3 is 5.73 Å². The Kier molecular flexibility index (Phi) is 3.11. The zero-order valence-electron chi connectivity index (χ0n) is 9.90. The number of nitrogens with two attached hydrogens (primary N) is 1. The van der Waals surface area contributed by atoms with Gasteiger partial charge in [0, 0.05) is 0 Å². The van der Waals surface area contributed by atoms with Crippen LogP contribution in [0.2, 0.25) is 0 Å². The molecule has 9 heteroatoms. The predicted octanol–water partition coefficient (Wildman–Crippen LogP) is 1.60. The quantitative estimate of drug-likeness (QED) is 0.764. The van der Waals surface area contributed by atoms with Crippen LogP contribution in [0.1, 0.15) is 0 Å². The van der Waals surface area contributed by atoms with Gasteiger partial charge in [-0.15, -0.1) is 0 Å². The van der Waals surface area contributed by atoms with E-state index in [4.69, 9.17) is 5.73 Å². The Morgan fingerprint density at radius 2 is 2.05 bits per heavy atom. The van der Waals surface area contributed by atoms with Gasteiger partial charge in [0.25, 0.3) is 5.95 Å². The van der Waals surface area contributed by atoms with Gasteiger partial charge in [0.05, 0.1) is 10.0 Å². The van der Waals surface area contributed by atoms with Crippen molar-refractivity contribution in [2.24, 2.45) is 0 Å². The van der Waals surface area contributed by atoms with Crippen molar-refractivity contribution in [3.63, 3.8) is 0 Å². The minimum absolute atomic E-state index is 0.0279. The van der Waals surface area contributed by atoms with E-state index < -0.39 is 5.82 Å². The molecule has 0 radical (unpaired) electrons. The third-order valence-corrected chi connectivity index (χ3v) is 3.07. The third kappa shape index (κ3) is 2.23. The van der Waals surface area contributed by atoms with Gasteiger partial charge in [-0.2, -0.15) is 24.7 Å². The highest BCUT2D eigenvalue weighted by Crippen LogP contribution is 2.25. The normalized spacial score (nSPS) is 10.7. The summed E-state index contributed by atoms with van der Waals surface area (Å²) >= 11 is 3.11. The molecule has 0 bridgehead atoms. The predicted molar refractivity (Wildman–Crippen MR) is 72.3 cm³/mol. The molecule has 0 fully saturated rings. The second-order valence-electron chi connectivity index (χ2n) is 3.76. The standard InChI is InChI=1S/C11H7BrFN7/c12-7-3-1-2-6(8(7)13)9-17-10(14)19-11(18-9)20-5-15-4-16-20/h1-5H,(H2,14,17,18,19). The van der Waals surface area contributed by atoms with Crippen molar-refractivity contribution >= 4 is 21.9 Å². The lowest BCUT2D eigenvalue weighted by molar-refractivity contribution is 0.623. The van der Waals surface area contributed by atoms with Crippen molar-refractivity contribution in [1.82, 2.24) is 29.7 Å². The van der Waals surface area contributed by atoms with E-state index in [9.17, 15) is 4.39 Å². The molecule has 0 saturated heterocycles. The molecule has 0 unspecified atom stereocenters. The van der Waals surface area contributed by atoms with Crippen molar-refractivity contribution in [2.75, 3.05) is 5.73 Å². The van der Waals surface area contributed by atoms with Gasteiger partial charge in [0.2, 0.25) is 5.95 Å². The van der Waals surface area contributed by atoms with Crippen LogP contribution in [0.4, 0.5) is 10.3 Å². The Bertz CT molecular complexity index is 759. The number of nitrogen functional groups attached to an aromatic ring is 1. The lowest BCUT2D eigenvalue weighted by Crippen LogP contribution is -2.08. The molecule has 0 saturated carbocycles. The molecule has 2 heterocycles. The van der Waals surface area contributed by atoms with Gasteiger partial charge in [-0.3, -0.25) is 0 Å². The van der Waals surface area contributed by atoms with E-state index >= 15 is 0 Å². The van der Waals surface area contributed by atoms with Gasteiger partial charge in [-0.05, 0) is 28.1 Å². The molecule has 0 amide bonds. The van der Waals surface area contributed by atoms with E-state index in [1.807, 2.05) is 0 Å². The topological polar surface area (TPSA) is 95.4 Å². The van der Waals surface area contributed by atoms with Crippen LogP contribution in [-0.2, 0) is 0 Å². The molecule has 0 spiro atoms. The minimum Gasteiger partial charge on any atom is -0.368 e. The van der Waals surface area contributed by atoms with Gasteiger partial charge >= 0.3 is 0 Å². The Morgan fingerprint density at radius 3 is 2.80 bits per heavy atom. The number of halogens is 2. The van der Waals surface area contributed by atoms with E-state index in [0.29, 0.717) is 4.47 Å². The Morgan fingerprint density at radius 1 is 1.20 bits per heavy atom. The fourth-order valence-electron chi connectivity index (χ4n) is 1.59. The zero-order chi connectivity index (χ0) is 14.1. The number of benzene rings is 1. The summed E-state index contributed by atoms with van der Waals surface area (Å²) in [6.07, 6.45) is 2.75. The summed E-state index contributed by atoms with van der Waals surface area (Å²) in [5.74, 6) is -0.200.